The largest absolute Gasteiger partial charge is 0.442 e. The molecule has 7 nitrogen and oxygen atoms in total. The Morgan fingerprint density at radius 2 is 1.92 bits per heavy atom. The highest BCUT2D eigenvalue weighted by Gasteiger charge is 2.34. The van der Waals surface area contributed by atoms with Crippen molar-refractivity contribution in [3.8, 4) is 0 Å². The van der Waals surface area contributed by atoms with Crippen molar-refractivity contribution in [3.05, 3.63) is 35.9 Å². The fourth-order valence-electron chi connectivity index (χ4n) is 2.62. The normalized spacial score (nSPS) is 20.8. The van der Waals surface area contributed by atoms with Crippen LogP contribution in [0.5, 0.6) is 0 Å². The molecule has 2 amide bonds. The third-order valence-corrected chi connectivity index (χ3v) is 3.85. The highest BCUT2D eigenvalue weighted by Crippen LogP contribution is 2.19. The molecule has 0 spiro atoms. The maximum atomic E-state index is 12.6. The lowest BCUT2D eigenvalue weighted by Gasteiger charge is -2.36. The van der Waals surface area contributed by atoms with Gasteiger partial charge in [0.05, 0.1) is 12.1 Å². The average molecular weight is 349 g/mol. The zero-order chi connectivity index (χ0) is 18.4. The summed E-state index contributed by atoms with van der Waals surface area (Å²) in [5, 5.41) is 4.34. The number of amides is 2. The van der Waals surface area contributed by atoms with E-state index in [0.717, 1.165) is 5.56 Å². The number of carbonyl (C=O) groups excluding carboxylic acids is 2. The molecule has 7 heteroatoms. The predicted octanol–water partition coefficient (Wildman–Crippen LogP) is 1.96. The Hall–Kier alpha value is -2.12. The molecule has 0 saturated carbocycles. The van der Waals surface area contributed by atoms with Crippen molar-refractivity contribution in [2.45, 2.75) is 57.9 Å². The number of nitrogens with two attached hydrogens (primary N) is 1. The van der Waals surface area contributed by atoms with Crippen LogP contribution in [0.15, 0.2) is 30.3 Å². The van der Waals surface area contributed by atoms with Gasteiger partial charge in [-0.25, -0.2) is 4.79 Å². The molecule has 0 bridgehead atoms. The molecular formula is C18H27N3O4. The molecule has 2 atom stereocenters. The predicted molar refractivity (Wildman–Crippen MR) is 93.3 cm³/mol. The minimum Gasteiger partial charge on any atom is -0.442 e. The summed E-state index contributed by atoms with van der Waals surface area (Å²) in [6.45, 7) is 6.10. The number of primary amides is 1. The van der Waals surface area contributed by atoms with E-state index in [1.165, 1.54) is 5.06 Å². The van der Waals surface area contributed by atoms with Crippen molar-refractivity contribution in [1.82, 2.24) is 10.4 Å². The third-order valence-electron chi connectivity index (χ3n) is 3.85. The molecule has 138 valence electrons. The maximum absolute atomic E-state index is 12.6. The van der Waals surface area contributed by atoms with Crippen LogP contribution in [-0.4, -0.2) is 41.3 Å². The zero-order valence-electron chi connectivity index (χ0n) is 15.0. The first-order chi connectivity index (χ1) is 11.8. The summed E-state index contributed by atoms with van der Waals surface area (Å²) in [6, 6.07) is 9.00. The molecule has 1 heterocycles. The SMILES string of the molecule is CC(C)(C)OC(=O)N(OCc1ccccc1)[C@@H]1CC[C@@H](C(N)=O)NC1. The van der Waals surface area contributed by atoms with Gasteiger partial charge in [0.2, 0.25) is 5.91 Å². The van der Waals surface area contributed by atoms with Crippen LogP contribution >= 0.6 is 0 Å². The summed E-state index contributed by atoms with van der Waals surface area (Å²) in [4.78, 5) is 29.6. The maximum Gasteiger partial charge on any atom is 0.434 e. The van der Waals surface area contributed by atoms with Crippen molar-refractivity contribution in [3.63, 3.8) is 0 Å². The lowest BCUT2D eigenvalue weighted by molar-refractivity contribution is -0.182. The smallest absolute Gasteiger partial charge is 0.434 e. The van der Waals surface area contributed by atoms with Gasteiger partial charge in [0, 0.05) is 6.54 Å². The molecule has 0 aliphatic carbocycles. The summed E-state index contributed by atoms with van der Waals surface area (Å²) in [7, 11) is 0. The first-order valence-corrected chi connectivity index (χ1v) is 8.48. The summed E-state index contributed by atoms with van der Waals surface area (Å²) >= 11 is 0. The van der Waals surface area contributed by atoms with Gasteiger partial charge in [0.15, 0.2) is 0 Å². The van der Waals surface area contributed by atoms with Crippen LogP contribution in [0.2, 0.25) is 0 Å². The van der Waals surface area contributed by atoms with E-state index in [-0.39, 0.29) is 24.6 Å². The third kappa shape index (κ3) is 6.03. The molecular weight excluding hydrogens is 322 g/mol. The number of nitrogens with one attached hydrogen (secondary N) is 1. The number of benzene rings is 1. The number of piperidine rings is 1. The number of ether oxygens (including phenoxy) is 1. The minimum atomic E-state index is -0.622. The van der Waals surface area contributed by atoms with E-state index in [0.29, 0.717) is 19.4 Å². The summed E-state index contributed by atoms with van der Waals surface area (Å²) in [6.07, 6.45) is 0.621. The van der Waals surface area contributed by atoms with Crippen LogP contribution in [0, 0.1) is 0 Å². The van der Waals surface area contributed by atoms with Gasteiger partial charge in [0.25, 0.3) is 0 Å². The van der Waals surface area contributed by atoms with E-state index in [1.54, 1.807) is 0 Å². The number of carbonyl (C=O) groups is 2. The highest BCUT2D eigenvalue weighted by molar-refractivity contribution is 5.80. The number of hydrogen-bond donors (Lipinski definition) is 2. The highest BCUT2D eigenvalue weighted by atomic mass is 16.7. The van der Waals surface area contributed by atoms with E-state index in [4.69, 9.17) is 15.3 Å². The first-order valence-electron chi connectivity index (χ1n) is 8.48. The monoisotopic (exact) mass is 349 g/mol. The fraction of sp³-hybridized carbons (Fsp3) is 0.556. The lowest BCUT2D eigenvalue weighted by Crippen LogP contribution is -2.55. The second kappa shape index (κ2) is 8.31. The molecule has 1 aliphatic heterocycles. The van der Waals surface area contributed by atoms with E-state index in [1.807, 2.05) is 51.1 Å². The van der Waals surface area contributed by atoms with Crippen LogP contribution < -0.4 is 11.1 Å². The van der Waals surface area contributed by atoms with Crippen molar-refractivity contribution >= 4 is 12.0 Å². The van der Waals surface area contributed by atoms with Crippen molar-refractivity contribution in [2.75, 3.05) is 6.54 Å². The minimum absolute atomic E-state index is 0.228. The van der Waals surface area contributed by atoms with Gasteiger partial charge in [-0.05, 0) is 39.2 Å². The van der Waals surface area contributed by atoms with Gasteiger partial charge < -0.3 is 15.8 Å². The number of hydrogen-bond acceptors (Lipinski definition) is 5. The summed E-state index contributed by atoms with van der Waals surface area (Å²) in [5.74, 6) is -0.382. The number of nitrogens with zero attached hydrogens (tertiary/aromatic N) is 1. The molecule has 1 aliphatic rings. The molecule has 0 radical (unpaired) electrons. The lowest BCUT2D eigenvalue weighted by atomic mass is 10.0. The second-order valence-electron chi connectivity index (χ2n) is 7.16. The summed E-state index contributed by atoms with van der Waals surface area (Å²) < 4.78 is 5.46. The Labute approximate surface area is 148 Å². The van der Waals surface area contributed by atoms with Crippen LogP contribution in [0.3, 0.4) is 0 Å². The Kier molecular flexibility index (Phi) is 6.39. The Morgan fingerprint density at radius 3 is 2.44 bits per heavy atom. The Bertz CT molecular complexity index is 578. The van der Waals surface area contributed by atoms with Gasteiger partial charge in [-0.3, -0.25) is 9.63 Å². The van der Waals surface area contributed by atoms with Crippen molar-refractivity contribution in [2.24, 2.45) is 5.73 Å². The number of rotatable bonds is 5. The first kappa shape index (κ1) is 19.2. The quantitative estimate of drug-likeness (QED) is 0.793. The van der Waals surface area contributed by atoms with Gasteiger partial charge in [0.1, 0.15) is 12.2 Å². The second-order valence-corrected chi connectivity index (χ2v) is 7.16. The molecule has 0 aromatic heterocycles. The van der Waals surface area contributed by atoms with Gasteiger partial charge in [-0.1, -0.05) is 30.3 Å². The van der Waals surface area contributed by atoms with Crippen LogP contribution in [0.25, 0.3) is 0 Å². The molecule has 25 heavy (non-hydrogen) atoms. The van der Waals surface area contributed by atoms with Crippen LogP contribution in [0.1, 0.15) is 39.2 Å². The molecule has 0 unspecified atom stereocenters. The molecule has 3 N–H and O–H groups in total. The Morgan fingerprint density at radius 1 is 1.24 bits per heavy atom. The van der Waals surface area contributed by atoms with Gasteiger partial charge in [-0.2, -0.15) is 5.06 Å². The molecule has 1 fully saturated rings. The molecule has 1 aromatic carbocycles. The van der Waals surface area contributed by atoms with E-state index < -0.39 is 11.7 Å². The van der Waals surface area contributed by atoms with Gasteiger partial charge >= 0.3 is 6.09 Å². The topological polar surface area (TPSA) is 93.9 Å². The molecule has 1 saturated heterocycles. The molecule has 1 aromatic rings. The van der Waals surface area contributed by atoms with Crippen LogP contribution in [0.4, 0.5) is 4.79 Å². The number of hydroxylamine groups is 2. The fourth-order valence-corrected chi connectivity index (χ4v) is 2.62. The van der Waals surface area contributed by atoms with Crippen molar-refractivity contribution < 1.29 is 19.2 Å². The molecule has 2 rings (SSSR count). The zero-order valence-corrected chi connectivity index (χ0v) is 15.0. The summed E-state index contributed by atoms with van der Waals surface area (Å²) in [5.41, 5.74) is 5.66. The standard InChI is InChI=1S/C18H27N3O4/c1-18(2,3)25-17(23)21(24-12-13-7-5-4-6-8-13)14-9-10-15(16(19)22)20-11-14/h4-8,14-15,20H,9-12H2,1-3H3,(H2,19,22)/t14-,15+/m1/s1. The average Bonchev–Trinajstić information content (AvgIpc) is 2.55. The van der Waals surface area contributed by atoms with E-state index in [9.17, 15) is 9.59 Å². The Balaban J connectivity index is 2.04. The van der Waals surface area contributed by atoms with Crippen molar-refractivity contribution in [1.29, 1.82) is 0 Å². The van der Waals surface area contributed by atoms with Crippen LogP contribution in [-0.2, 0) is 21.0 Å². The van der Waals surface area contributed by atoms with Gasteiger partial charge in [-0.15, -0.1) is 0 Å². The van der Waals surface area contributed by atoms with E-state index in [2.05, 4.69) is 5.32 Å². The van der Waals surface area contributed by atoms with E-state index >= 15 is 0 Å².